The molecule has 2 N–H and O–H groups in total. The molecule has 1 unspecified atom stereocenters. The van der Waals surface area contributed by atoms with Crippen LogP contribution in [0.15, 0.2) is 12.1 Å². The fourth-order valence-electron chi connectivity index (χ4n) is 1.78. The molecule has 0 bridgehead atoms. The molecule has 21 heavy (non-hydrogen) atoms. The third-order valence-corrected chi connectivity index (χ3v) is 2.84. The van der Waals surface area contributed by atoms with E-state index in [0.29, 0.717) is 22.8 Å². The van der Waals surface area contributed by atoms with Gasteiger partial charge in [-0.3, -0.25) is 9.59 Å². The number of methoxy groups -OCH3 is 3. The van der Waals surface area contributed by atoms with E-state index in [1.165, 1.54) is 28.3 Å². The molecule has 0 aliphatic heterocycles. The summed E-state index contributed by atoms with van der Waals surface area (Å²) in [5, 5.41) is 11.1. The Bertz CT molecular complexity index is 503. The highest BCUT2D eigenvalue weighted by Gasteiger charge is 2.17. The minimum atomic E-state index is -1.09. The molecule has 0 heterocycles. The highest BCUT2D eigenvalue weighted by molar-refractivity contribution is 5.84. The molecule has 0 aliphatic carbocycles. The van der Waals surface area contributed by atoms with Gasteiger partial charge in [-0.25, -0.2) is 0 Å². The molecule has 116 valence electrons. The third-order valence-electron chi connectivity index (χ3n) is 2.84. The van der Waals surface area contributed by atoms with Crippen molar-refractivity contribution in [1.29, 1.82) is 0 Å². The summed E-state index contributed by atoms with van der Waals surface area (Å²) in [4.78, 5) is 22.5. The predicted molar refractivity (Wildman–Crippen MR) is 75.0 cm³/mol. The minimum absolute atomic E-state index is 0.00827. The second-order valence-electron chi connectivity index (χ2n) is 4.34. The number of hydrogen-bond donors (Lipinski definition) is 2. The van der Waals surface area contributed by atoms with Gasteiger partial charge in [-0.1, -0.05) is 0 Å². The average molecular weight is 297 g/mol. The van der Waals surface area contributed by atoms with Crippen LogP contribution in [0.2, 0.25) is 0 Å². The standard InChI is InChI=1S/C14H19NO6/c1-8(14(17)18)15-12(16)7-9-5-10(19-2)13(21-4)11(6-9)20-3/h5-6,8H,7H2,1-4H3,(H,15,16)(H,17,18). The summed E-state index contributed by atoms with van der Waals surface area (Å²) in [6, 6.07) is 2.35. The van der Waals surface area contributed by atoms with E-state index in [4.69, 9.17) is 19.3 Å². The number of carboxylic acids is 1. The molecule has 0 fully saturated rings. The Labute approximate surface area is 122 Å². The number of rotatable bonds is 7. The van der Waals surface area contributed by atoms with Crippen molar-refractivity contribution < 1.29 is 28.9 Å². The van der Waals surface area contributed by atoms with Gasteiger partial charge in [-0.15, -0.1) is 0 Å². The summed E-state index contributed by atoms with van der Waals surface area (Å²) < 4.78 is 15.6. The lowest BCUT2D eigenvalue weighted by Gasteiger charge is -2.14. The first-order valence-corrected chi connectivity index (χ1v) is 6.24. The molecule has 0 aromatic heterocycles. The van der Waals surface area contributed by atoms with Crippen molar-refractivity contribution in [3.8, 4) is 17.2 Å². The van der Waals surface area contributed by atoms with Gasteiger partial charge in [0.2, 0.25) is 11.7 Å². The van der Waals surface area contributed by atoms with Gasteiger partial charge in [-0.05, 0) is 24.6 Å². The maximum absolute atomic E-state index is 11.8. The molecule has 0 saturated carbocycles. The third kappa shape index (κ3) is 4.27. The largest absolute Gasteiger partial charge is 0.493 e. The molecule has 1 atom stereocenters. The zero-order chi connectivity index (χ0) is 16.0. The van der Waals surface area contributed by atoms with Crippen LogP contribution in [-0.4, -0.2) is 44.4 Å². The van der Waals surface area contributed by atoms with Crippen LogP contribution >= 0.6 is 0 Å². The molecule has 0 spiro atoms. The van der Waals surface area contributed by atoms with Gasteiger partial charge < -0.3 is 24.6 Å². The van der Waals surface area contributed by atoms with Crippen molar-refractivity contribution in [2.75, 3.05) is 21.3 Å². The second kappa shape index (κ2) is 7.37. The zero-order valence-electron chi connectivity index (χ0n) is 12.4. The molecular formula is C14H19NO6. The van der Waals surface area contributed by atoms with Crippen molar-refractivity contribution in [3.05, 3.63) is 17.7 Å². The van der Waals surface area contributed by atoms with E-state index in [9.17, 15) is 9.59 Å². The maximum Gasteiger partial charge on any atom is 0.325 e. The lowest BCUT2D eigenvalue weighted by Crippen LogP contribution is -2.39. The highest BCUT2D eigenvalue weighted by atomic mass is 16.5. The Balaban J connectivity index is 2.93. The molecule has 7 nitrogen and oxygen atoms in total. The number of nitrogens with one attached hydrogen (secondary N) is 1. The SMILES string of the molecule is COc1cc(CC(=O)NC(C)C(=O)O)cc(OC)c1OC. The van der Waals surface area contributed by atoms with Gasteiger partial charge in [-0.2, -0.15) is 0 Å². The van der Waals surface area contributed by atoms with Crippen LogP contribution in [0, 0.1) is 0 Å². The first-order valence-electron chi connectivity index (χ1n) is 6.24. The number of carbonyl (C=O) groups excluding carboxylic acids is 1. The van der Waals surface area contributed by atoms with Gasteiger partial charge in [0.1, 0.15) is 6.04 Å². The van der Waals surface area contributed by atoms with Crippen molar-refractivity contribution in [3.63, 3.8) is 0 Å². The van der Waals surface area contributed by atoms with Crippen LogP contribution in [0.5, 0.6) is 17.2 Å². The fourth-order valence-corrected chi connectivity index (χ4v) is 1.78. The van der Waals surface area contributed by atoms with E-state index in [1.807, 2.05) is 0 Å². The summed E-state index contributed by atoms with van der Waals surface area (Å²) in [6.07, 6.45) is 0.00827. The normalized spacial score (nSPS) is 11.4. The topological polar surface area (TPSA) is 94.1 Å². The van der Waals surface area contributed by atoms with Crippen LogP contribution in [-0.2, 0) is 16.0 Å². The number of carboxylic acid groups (broad SMARTS) is 1. The lowest BCUT2D eigenvalue weighted by atomic mass is 10.1. The minimum Gasteiger partial charge on any atom is -0.493 e. The number of benzene rings is 1. The predicted octanol–water partition coefficient (Wildman–Crippen LogP) is 0.844. The van der Waals surface area contributed by atoms with Crippen LogP contribution in [0.3, 0.4) is 0 Å². The van der Waals surface area contributed by atoms with Crippen LogP contribution < -0.4 is 19.5 Å². The average Bonchev–Trinajstić information content (AvgIpc) is 2.45. The van der Waals surface area contributed by atoms with Crippen molar-refractivity contribution >= 4 is 11.9 Å². The molecule has 0 aliphatic rings. The highest BCUT2D eigenvalue weighted by Crippen LogP contribution is 2.38. The van der Waals surface area contributed by atoms with Gasteiger partial charge >= 0.3 is 5.97 Å². The monoisotopic (exact) mass is 297 g/mol. The van der Waals surface area contributed by atoms with Crippen molar-refractivity contribution in [2.45, 2.75) is 19.4 Å². The number of aliphatic carboxylic acids is 1. The van der Waals surface area contributed by atoms with E-state index in [1.54, 1.807) is 12.1 Å². The van der Waals surface area contributed by atoms with Crippen molar-refractivity contribution in [1.82, 2.24) is 5.32 Å². The van der Waals surface area contributed by atoms with E-state index in [-0.39, 0.29) is 6.42 Å². The van der Waals surface area contributed by atoms with Gasteiger partial charge in [0.05, 0.1) is 27.8 Å². The van der Waals surface area contributed by atoms with Gasteiger partial charge in [0.25, 0.3) is 0 Å². The summed E-state index contributed by atoms with van der Waals surface area (Å²) >= 11 is 0. The number of ether oxygens (including phenoxy) is 3. The quantitative estimate of drug-likeness (QED) is 0.774. The summed E-state index contributed by atoms with van der Waals surface area (Å²) in [7, 11) is 4.45. The molecule has 1 amide bonds. The Kier molecular flexibility index (Phi) is 5.83. The molecular weight excluding hydrogens is 278 g/mol. The second-order valence-corrected chi connectivity index (χ2v) is 4.34. The van der Waals surface area contributed by atoms with Gasteiger partial charge in [0, 0.05) is 0 Å². The van der Waals surface area contributed by atoms with Crippen LogP contribution in [0.25, 0.3) is 0 Å². The molecule has 0 radical (unpaired) electrons. The Morgan fingerprint density at radius 3 is 2.05 bits per heavy atom. The summed E-state index contributed by atoms with van der Waals surface area (Å²) in [5.41, 5.74) is 0.625. The number of carbonyl (C=O) groups is 2. The smallest absolute Gasteiger partial charge is 0.325 e. The van der Waals surface area contributed by atoms with Crippen LogP contribution in [0.1, 0.15) is 12.5 Å². The van der Waals surface area contributed by atoms with Crippen molar-refractivity contribution in [2.24, 2.45) is 0 Å². The number of amides is 1. The first-order chi connectivity index (χ1) is 9.92. The maximum atomic E-state index is 11.8. The Hall–Kier alpha value is -2.44. The van der Waals surface area contributed by atoms with E-state index >= 15 is 0 Å². The zero-order valence-corrected chi connectivity index (χ0v) is 12.4. The van der Waals surface area contributed by atoms with E-state index in [0.717, 1.165) is 0 Å². The lowest BCUT2D eigenvalue weighted by molar-refractivity contribution is -0.141. The molecule has 1 rings (SSSR count). The summed E-state index contributed by atoms with van der Waals surface area (Å²) in [5.74, 6) is -0.188. The van der Waals surface area contributed by atoms with Gasteiger partial charge in [0.15, 0.2) is 11.5 Å². The molecule has 1 aromatic carbocycles. The number of hydrogen-bond acceptors (Lipinski definition) is 5. The first kappa shape index (κ1) is 16.6. The molecule has 1 aromatic rings. The van der Waals surface area contributed by atoms with E-state index < -0.39 is 17.9 Å². The molecule has 0 saturated heterocycles. The Morgan fingerprint density at radius 1 is 1.14 bits per heavy atom. The Morgan fingerprint density at radius 2 is 1.67 bits per heavy atom. The van der Waals surface area contributed by atoms with E-state index in [2.05, 4.69) is 5.32 Å². The van der Waals surface area contributed by atoms with Crippen LogP contribution in [0.4, 0.5) is 0 Å². The molecule has 7 heteroatoms. The summed E-state index contributed by atoms with van der Waals surface area (Å²) in [6.45, 7) is 1.40. The fraction of sp³-hybridized carbons (Fsp3) is 0.429.